The minimum atomic E-state index is -0.301. The van der Waals surface area contributed by atoms with E-state index in [-0.39, 0.29) is 22.3 Å². The maximum absolute atomic E-state index is 13.1. The molecule has 0 saturated carbocycles. The lowest BCUT2D eigenvalue weighted by Gasteiger charge is -2.62. The van der Waals surface area contributed by atoms with Crippen LogP contribution >= 0.6 is 0 Å². The Morgan fingerprint density at radius 1 is 1.09 bits per heavy atom. The van der Waals surface area contributed by atoms with E-state index in [0.717, 1.165) is 32.5 Å². The van der Waals surface area contributed by atoms with Crippen molar-refractivity contribution in [3.8, 4) is 0 Å². The number of hydrogen-bond donors (Lipinski definition) is 0. The zero-order chi connectivity index (χ0) is 23.5. The maximum Gasteiger partial charge on any atom is 0.162 e. The number of carbonyl (C=O) groups excluding carboxylic acids is 1. The Morgan fingerprint density at radius 2 is 1.82 bits per heavy atom. The second-order valence-electron chi connectivity index (χ2n) is 11.1. The molecule has 9 heteroatoms. The zero-order valence-corrected chi connectivity index (χ0v) is 20.6. The number of benzene rings is 2. The van der Waals surface area contributed by atoms with Crippen molar-refractivity contribution in [2.75, 3.05) is 36.5 Å². The number of ketones is 1. The molecule has 3 heterocycles. The minimum absolute atomic E-state index is 0.0192. The first-order chi connectivity index (χ1) is 15.6. The van der Waals surface area contributed by atoms with E-state index in [1.54, 1.807) is 12.1 Å². The van der Waals surface area contributed by atoms with Gasteiger partial charge >= 0.3 is 0 Å². The lowest BCUT2D eigenvalue weighted by molar-refractivity contribution is 0.0971. The van der Waals surface area contributed by atoms with Crippen LogP contribution in [0.15, 0.2) is 42.5 Å². The van der Waals surface area contributed by atoms with Gasteiger partial charge in [-0.25, -0.2) is 4.39 Å². The number of nitrogens with zero attached hydrogens (tertiary/aromatic N) is 3. The quantitative estimate of drug-likeness (QED) is 0.474. The minimum Gasteiger partial charge on any atom is -0.382 e. The van der Waals surface area contributed by atoms with Crippen molar-refractivity contribution in [3.63, 3.8) is 0 Å². The second-order valence-corrected chi connectivity index (χ2v) is 11.1. The van der Waals surface area contributed by atoms with Gasteiger partial charge in [-0.1, -0.05) is 12.1 Å². The van der Waals surface area contributed by atoms with Gasteiger partial charge in [0.15, 0.2) is 5.78 Å². The molecule has 3 aliphatic rings. The first-order valence-corrected chi connectivity index (χ1v) is 12.3. The summed E-state index contributed by atoms with van der Waals surface area (Å²) >= 11 is 0. The first kappa shape index (κ1) is 22.6. The Hall–Kier alpha value is -2.14. The van der Waals surface area contributed by atoms with Gasteiger partial charge < -0.3 is 14.7 Å². The van der Waals surface area contributed by atoms with E-state index < -0.39 is 0 Å². The number of para-hydroxylation sites is 1. The zero-order valence-electron chi connectivity index (χ0n) is 20.6. The molecule has 33 heavy (non-hydrogen) atoms. The predicted molar refractivity (Wildman–Crippen MR) is 145 cm³/mol. The largest absolute Gasteiger partial charge is 0.382 e. The number of Topliss-reactive ketones (excluding diaryl/α,β-unsaturated/α-hetero) is 1. The molecule has 0 spiro atoms. The van der Waals surface area contributed by atoms with Crippen molar-refractivity contribution in [2.45, 2.75) is 41.9 Å². The van der Waals surface area contributed by atoms with Crippen LogP contribution in [0.2, 0.25) is 0 Å². The summed E-state index contributed by atoms with van der Waals surface area (Å²) in [6, 6.07) is 13.3. The average molecular weight is 441 g/mol. The Balaban J connectivity index is 1.30. The van der Waals surface area contributed by atoms with Gasteiger partial charge in [0.25, 0.3) is 0 Å². The number of rotatable bonds is 5. The summed E-state index contributed by atoms with van der Waals surface area (Å²) in [5.41, 5.74) is 4.88. The number of piperidine rings is 1. The fraction of sp³-hybridized carbons (Fsp3) is 0.458. The van der Waals surface area contributed by atoms with Crippen molar-refractivity contribution >= 4 is 48.5 Å². The molecule has 1 saturated heterocycles. The van der Waals surface area contributed by atoms with Crippen LogP contribution in [0, 0.1) is 5.82 Å². The Kier molecular flexibility index (Phi) is 5.47. The Morgan fingerprint density at radius 3 is 2.55 bits per heavy atom. The third kappa shape index (κ3) is 3.46. The van der Waals surface area contributed by atoms with E-state index in [1.807, 2.05) is 0 Å². The summed E-state index contributed by atoms with van der Waals surface area (Å²) in [7, 11) is 11.8. The van der Waals surface area contributed by atoms with Gasteiger partial charge in [-0.05, 0) is 66.0 Å². The molecule has 0 N–H and O–H groups in total. The van der Waals surface area contributed by atoms with E-state index in [1.165, 1.54) is 29.1 Å². The van der Waals surface area contributed by atoms with E-state index in [0.29, 0.717) is 23.9 Å². The summed E-state index contributed by atoms with van der Waals surface area (Å²) in [6.45, 7) is 3.04. The summed E-state index contributed by atoms with van der Waals surface area (Å²) in [5.74, 6) is 0.304. The molecule has 0 amide bonds. The highest BCUT2D eigenvalue weighted by molar-refractivity contribution is 6.57. The van der Waals surface area contributed by atoms with Gasteiger partial charge in [-0.15, -0.1) is 0 Å². The SMILES string of the molecule is BC1(B)N(C)c2cccc3c2N([C@H]2CCN(CCCC(=O)c4ccc(F)cc4)C[C@@H]32)C1(B)B. The molecule has 0 bridgehead atoms. The number of carbonyl (C=O) groups is 1. The number of halogens is 1. The molecule has 0 aromatic heterocycles. The topological polar surface area (TPSA) is 26.8 Å². The van der Waals surface area contributed by atoms with Gasteiger partial charge in [-0.3, -0.25) is 4.79 Å². The van der Waals surface area contributed by atoms with Crippen molar-refractivity contribution in [1.82, 2.24) is 4.90 Å². The van der Waals surface area contributed by atoms with Crippen molar-refractivity contribution < 1.29 is 9.18 Å². The molecular formula is C24H32B4FN3O. The van der Waals surface area contributed by atoms with E-state index in [4.69, 9.17) is 0 Å². The van der Waals surface area contributed by atoms with Crippen LogP contribution in [0.4, 0.5) is 15.8 Å². The fourth-order valence-electron chi connectivity index (χ4n) is 6.32. The number of likely N-dealkylation sites (tertiary alicyclic amines) is 1. The van der Waals surface area contributed by atoms with Crippen LogP contribution in [0.1, 0.15) is 41.1 Å². The lowest BCUT2D eigenvalue weighted by atomic mass is 9.36. The van der Waals surface area contributed by atoms with Gasteiger partial charge in [0.2, 0.25) is 0 Å². The van der Waals surface area contributed by atoms with Gasteiger partial charge in [0.1, 0.15) is 37.2 Å². The van der Waals surface area contributed by atoms with Crippen LogP contribution in [0.25, 0.3) is 0 Å². The third-order valence-corrected chi connectivity index (χ3v) is 9.02. The number of fused-ring (bicyclic) bond motifs is 3. The molecule has 2 aromatic carbocycles. The molecule has 0 aliphatic carbocycles. The summed E-state index contributed by atoms with van der Waals surface area (Å²) < 4.78 is 13.1. The molecule has 0 radical (unpaired) electrons. The molecule has 168 valence electrons. The van der Waals surface area contributed by atoms with Crippen molar-refractivity contribution in [2.24, 2.45) is 0 Å². The maximum atomic E-state index is 13.1. The highest BCUT2D eigenvalue weighted by Crippen LogP contribution is 2.55. The second kappa shape index (κ2) is 7.97. The van der Waals surface area contributed by atoms with Crippen molar-refractivity contribution in [1.29, 1.82) is 0 Å². The van der Waals surface area contributed by atoms with Crippen LogP contribution in [-0.2, 0) is 0 Å². The highest BCUT2D eigenvalue weighted by Gasteiger charge is 2.56. The van der Waals surface area contributed by atoms with E-state index in [9.17, 15) is 9.18 Å². The summed E-state index contributed by atoms with van der Waals surface area (Å²) in [5, 5.41) is 0.0411. The molecule has 1 fully saturated rings. The Labute approximate surface area is 200 Å². The third-order valence-electron chi connectivity index (χ3n) is 9.02. The molecular weight excluding hydrogens is 409 g/mol. The molecule has 4 nitrogen and oxygen atoms in total. The summed E-state index contributed by atoms with van der Waals surface area (Å²) in [4.78, 5) is 20.2. The fourth-order valence-corrected chi connectivity index (χ4v) is 6.32. The number of anilines is 2. The van der Waals surface area contributed by atoms with Crippen molar-refractivity contribution in [3.05, 3.63) is 59.4 Å². The normalized spacial score (nSPS) is 24.9. The van der Waals surface area contributed by atoms with Gasteiger partial charge in [0, 0.05) is 44.1 Å². The predicted octanol–water partition coefficient (Wildman–Crippen LogP) is -0.244. The van der Waals surface area contributed by atoms with Crippen LogP contribution in [0.5, 0.6) is 0 Å². The van der Waals surface area contributed by atoms with Gasteiger partial charge in [0.05, 0.1) is 11.4 Å². The summed E-state index contributed by atoms with van der Waals surface area (Å²) in [6.07, 6.45) is 2.49. The molecule has 2 aromatic rings. The van der Waals surface area contributed by atoms with Crippen LogP contribution in [0.3, 0.4) is 0 Å². The number of likely N-dealkylation sites (N-methyl/N-ethyl adjacent to an activating group) is 1. The highest BCUT2D eigenvalue weighted by atomic mass is 19.1. The lowest BCUT2D eigenvalue weighted by Crippen LogP contribution is -2.77. The average Bonchev–Trinajstić information content (AvgIpc) is 3.12. The molecule has 2 atom stereocenters. The standard InChI is InChI=1S/C24H32B4FN3O/c1-30-20-5-2-4-17-18-14-31(12-3-6-21(33)15-7-9-16(29)10-8-15)13-11-19(18)32(22(17)20)24(27,28)23(30,25)26/h2,4-5,7-10,18-19H,3,6,11-14,25-28H2,1H3/t18-,19-/m0/s1. The van der Waals surface area contributed by atoms with E-state index in [2.05, 4.69) is 71.3 Å². The molecule has 0 unspecified atom stereocenters. The first-order valence-electron chi connectivity index (χ1n) is 12.3. The smallest absolute Gasteiger partial charge is 0.162 e. The van der Waals surface area contributed by atoms with E-state index >= 15 is 0 Å². The van der Waals surface area contributed by atoms with Crippen LogP contribution < -0.4 is 9.80 Å². The monoisotopic (exact) mass is 441 g/mol. The van der Waals surface area contributed by atoms with Crippen LogP contribution in [-0.4, -0.2) is 85.5 Å². The Bertz CT molecular complexity index is 1080. The number of hydrogen-bond acceptors (Lipinski definition) is 4. The molecule has 3 aliphatic heterocycles. The molecule has 5 rings (SSSR count). The van der Waals surface area contributed by atoms with Gasteiger partial charge in [-0.2, -0.15) is 0 Å².